The minimum absolute atomic E-state index is 0.167. The maximum atomic E-state index is 13.5. The molecular formula is C15H17ClFNO3. The monoisotopic (exact) mass is 313 g/mol. The molecule has 0 fully saturated rings. The van der Waals surface area contributed by atoms with Crippen molar-refractivity contribution in [2.45, 2.75) is 19.8 Å². The summed E-state index contributed by atoms with van der Waals surface area (Å²) in [5, 5.41) is 2.83. The maximum absolute atomic E-state index is 13.5. The number of esters is 1. The molecule has 0 aromatic heterocycles. The minimum Gasteiger partial charge on any atom is -0.466 e. The Morgan fingerprint density at radius 2 is 2.19 bits per heavy atom. The van der Waals surface area contributed by atoms with Crippen LogP contribution in [0.5, 0.6) is 0 Å². The second kappa shape index (κ2) is 9.13. The molecule has 0 spiro atoms. The first kappa shape index (κ1) is 17.2. The van der Waals surface area contributed by atoms with Gasteiger partial charge in [-0.2, -0.15) is 0 Å². The van der Waals surface area contributed by atoms with Crippen molar-refractivity contribution in [3.05, 3.63) is 40.7 Å². The largest absolute Gasteiger partial charge is 0.466 e. The van der Waals surface area contributed by atoms with Crippen molar-refractivity contribution < 1.29 is 18.7 Å². The lowest BCUT2D eigenvalue weighted by molar-refractivity contribution is -0.143. The number of nitrogens with one attached hydrogen (secondary N) is 1. The van der Waals surface area contributed by atoms with Crippen LogP contribution in [0.4, 0.5) is 4.39 Å². The highest BCUT2D eigenvalue weighted by atomic mass is 35.5. The van der Waals surface area contributed by atoms with Gasteiger partial charge in [0.15, 0.2) is 0 Å². The first-order chi connectivity index (χ1) is 10.0. The van der Waals surface area contributed by atoms with E-state index in [-0.39, 0.29) is 28.9 Å². The molecule has 0 atom stereocenters. The molecule has 1 rings (SSSR count). The van der Waals surface area contributed by atoms with Crippen LogP contribution in [0.1, 0.15) is 25.3 Å². The first-order valence-corrected chi connectivity index (χ1v) is 6.98. The highest BCUT2D eigenvalue weighted by Gasteiger charge is 2.04. The summed E-state index contributed by atoms with van der Waals surface area (Å²) in [7, 11) is 0. The zero-order valence-electron chi connectivity index (χ0n) is 11.7. The summed E-state index contributed by atoms with van der Waals surface area (Å²) in [6, 6.07) is 4.30. The van der Waals surface area contributed by atoms with E-state index in [9.17, 15) is 14.0 Å². The Labute approximate surface area is 127 Å². The van der Waals surface area contributed by atoms with Gasteiger partial charge < -0.3 is 10.1 Å². The summed E-state index contributed by atoms with van der Waals surface area (Å²) in [6.07, 6.45) is 3.25. The van der Waals surface area contributed by atoms with Crippen molar-refractivity contribution >= 4 is 29.6 Å². The van der Waals surface area contributed by atoms with Crippen LogP contribution in [-0.4, -0.2) is 25.0 Å². The molecule has 1 N–H and O–H groups in total. The molecule has 0 heterocycles. The molecule has 0 saturated heterocycles. The predicted molar refractivity (Wildman–Crippen MR) is 79.3 cm³/mol. The lowest BCUT2D eigenvalue weighted by Gasteiger charge is -2.03. The zero-order chi connectivity index (χ0) is 15.7. The summed E-state index contributed by atoms with van der Waals surface area (Å²) in [4.78, 5) is 22.6. The summed E-state index contributed by atoms with van der Waals surface area (Å²) in [6.45, 7) is 2.42. The van der Waals surface area contributed by atoms with E-state index < -0.39 is 5.82 Å². The van der Waals surface area contributed by atoms with E-state index in [1.165, 1.54) is 24.3 Å². The summed E-state index contributed by atoms with van der Waals surface area (Å²) >= 11 is 5.83. The normalized spacial score (nSPS) is 10.6. The third kappa shape index (κ3) is 6.40. The molecule has 1 amide bonds. The number of carbonyl (C=O) groups is 2. The lowest BCUT2D eigenvalue weighted by atomic mass is 10.2. The molecule has 1 aromatic carbocycles. The predicted octanol–water partition coefficient (Wildman–Crippen LogP) is 2.95. The van der Waals surface area contributed by atoms with Crippen LogP contribution in [0.15, 0.2) is 24.3 Å². The van der Waals surface area contributed by atoms with Crippen molar-refractivity contribution in [1.29, 1.82) is 0 Å². The van der Waals surface area contributed by atoms with Gasteiger partial charge in [0.05, 0.1) is 11.6 Å². The Hall–Kier alpha value is -1.88. The van der Waals surface area contributed by atoms with Crippen molar-refractivity contribution in [2.75, 3.05) is 13.2 Å². The number of benzene rings is 1. The Bertz CT molecular complexity index is 511. The maximum Gasteiger partial charge on any atom is 0.305 e. The molecule has 6 heteroatoms. The number of hydrogen-bond acceptors (Lipinski definition) is 3. The minimum atomic E-state index is -0.492. The van der Waals surface area contributed by atoms with E-state index in [2.05, 4.69) is 5.32 Å². The number of rotatable bonds is 7. The van der Waals surface area contributed by atoms with E-state index in [1.54, 1.807) is 13.0 Å². The SMILES string of the molecule is CCOC(=O)CCCNC(=O)C=Cc1c(F)cccc1Cl. The topological polar surface area (TPSA) is 55.4 Å². The molecule has 114 valence electrons. The van der Waals surface area contributed by atoms with Crippen LogP contribution in [0, 0.1) is 5.82 Å². The Kier molecular flexibility index (Phi) is 7.46. The van der Waals surface area contributed by atoms with Crippen LogP contribution in [0.25, 0.3) is 6.08 Å². The fraction of sp³-hybridized carbons (Fsp3) is 0.333. The van der Waals surface area contributed by atoms with Gasteiger partial charge in [0.1, 0.15) is 5.82 Å². The van der Waals surface area contributed by atoms with Crippen molar-refractivity contribution in [3.8, 4) is 0 Å². The summed E-state index contributed by atoms with van der Waals surface area (Å²) < 4.78 is 18.2. The van der Waals surface area contributed by atoms with Crippen LogP contribution in [0.2, 0.25) is 5.02 Å². The van der Waals surface area contributed by atoms with Crippen LogP contribution >= 0.6 is 11.6 Å². The highest BCUT2D eigenvalue weighted by molar-refractivity contribution is 6.32. The number of carbonyl (C=O) groups excluding carboxylic acids is 2. The van der Waals surface area contributed by atoms with Crippen LogP contribution in [-0.2, 0) is 14.3 Å². The Morgan fingerprint density at radius 1 is 1.43 bits per heavy atom. The molecule has 21 heavy (non-hydrogen) atoms. The number of halogens is 2. The molecule has 0 aliphatic heterocycles. The molecule has 0 bridgehead atoms. The molecule has 1 aromatic rings. The van der Waals surface area contributed by atoms with Gasteiger partial charge >= 0.3 is 5.97 Å². The van der Waals surface area contributed by atoms with E-state index >= 15 is 0 Å². The van der Waals surface area contributed by atoms with Gasteiger partial charge in [0, 0.05) is 24.6 Å². The third-order valence-corrected chi connectivity index (χ3v) is 2.89. The fourth-order valence-corrected chi connectivity index (χ4v) is 1.79. The van der Waals surface area contributed by atoms with Crippen molar-refractivity contribution in [1.82, 2.24) is 5.32 Å². The number of amides is 1. The molecule has 0 saturated carbocycles. The van der Waals surface area contributed by atoms with E-state index in [0.717, 1.165) is 0 Å². The van der Waals surface area contributed by atoms with Gasteiger partial charge in [0.2, 0.25) is 5.91 Å². The van der Waals surface area contributed by atoms with Gasteiger partial charge in [0.25, 0.3) is 0 Å². The molecular weight excluding hydrogens is 297 g/mol. The standard InChI is InChI=1S/C15H17ClFNO3/c1-2-21-15(20)7-4-10-18-14(19)9-8-11-12(16)5-3-6-13(11)17/h3,5-6,8-9H,2,4,7,10H2,1H3,(H,18,19). The highest BCUT2D eigenvalue weighted by Crippen LogP contribution is 2.20. The molecule has 0 unspecified atom stereocenters. The smallest absolute Gasteiger partial charge is 0.305 e. The van der Waals surface area contributed by atoms with Gasteiger partial charge in [-0.15, -0.1) is 0 Å². The van der Waals surface area contributed by atoms with Crippen molar-refractivity contribution in [3.63, 3.8) is 0 Å². The summed E-state index contributed by atoms with van der Waals surface area (Å²) in [5.74, 6) is -1.16. The van der Waals surface area contributed by atoms with Gasteiger partial charge in [-0.1, -0.05) is 17.7 Å². The van der Waals surface area contributed by atoms with Gasteiger partial charge in [-0.05, 0) is 31.6 Å². The first-order valence-electron chi connectivity index (χ1n) is 6.60. The Balaban J connectivity index is 2.37. The van der Waals surface area contributed by atoms with E-state index in [1.807, 2.05) is 0 Å². The average molecular weight is 314 g/mol. The zero-order valence-corrected chi connectivity index (χ0v) is 12.5. The molecule has 0 aliphatic carbocycles. The second-order valence-electron chi connectivity index (χ2n) is 4.17. The number of ether oxygens (including phenoxy) is 1. The van der Waals surface area contributed by atoms with Gasteiger partial charge in [-0.3, -0.25) is 9.59 Å². The fourth-order valence-electron chi connectivity index (χ4n) is 1.57. The molecule has 0 radical (unpaired) electrons. The second-order valence-corrected chi connectivity index (χ2v) is 4.58. The third-order valence-electron chi connectivity index (χ3n) is 2.56. The van der Waals surface area contributed by atoms with Crippen LogP contribution in [0.3, 0.4) is 0 Å². The molecule has 4 nitrogen and oxygen atoms in total. The number of hydrogen-bond donors (Lipinski definition) is 1. The van der Waals surface area contributed by atoms with Crippen LogP contribution < -0.4 is 5.32 Å². The average Bonchev–Trinajstić information content (AvgIpc) is 2.43. The Morgan fingerprint density at radius 3 is 2.86 bits per heavy atom. The van der Waals surface area contributed by atoms with E-state index in [4.69, 9.17) is 16.3 Å². The van der Waals surface area contributed by atoms with Gasteiger partial charge in [-0.25, -0.2) is 4.39 Å². The van der Waals surface area contributed by atoms with E-state index in [0.29, 0.717) is 19.6 Å². The summed E-state index contributed by atoms with van der Waals surface area (Å²) in [5.41, 5.74) is 0.167. The lowest BCUT2D eigenvalue weighted by Crippen LogP contribution is -2.22. The molecule has 0 aliphatic rings. The quantitative estimate of drug-likeness (QED) is 0.478. The van der Waals surface area contributed by atoms with Crippen molar-refractivity contribution in [2.24, 2.45) is 0 Å².